The molecule has 1 aliphatic heterocycles. The van der Waals surface area contributed by atoms with Gasteiger partial charge in [0.15, 0.2) is 6.17 Å². The van der Waals surface area contributed by atoms with Gasteiger partial charge in [0.05, 0.1) is 12.6 Å². The zero-order valence-electron chi connectivity index (χ0n) is 18.5. The number of anilines is 2. The van der Waals surface area contributed by atoms with Gasteiger partial charge in [-0.05, 0) is 57.2 Å². The summed E-state index contributed by atoms with van der Waals surface area (Å²) in [5, 5.41) is 14.7. The number of benzene rings is 2. The number of nitrogens with one attached hydrogen (secondary N) is 1. The Hall–Kier alpha value is -3.01. The van der Waals surface area contributed by atoms with Crippen molar-refractivity contribution in [2.45, 2.75) is 38.5 Å². The number of carbonyl (C=O) groups excluding carboxylic acids is 3. The van der Waals surface area contributed by atoms with Crippen molar-refractivity contribution in [1.29, 1.82) is 0 Å². The van der Waals surface area contributed by atoms with Crippen molar-refractivity contribution in [3.05, 3.63) is 58.6 Å². The maximum Gasteiger partial charge on any atom is 0.347 e. The van der Waals surface area contributed by atoms with E-state index in [1.54, 1.807) is 50.2 Å². The lowest BCUT2D eigenvalue weighted by atomic mass is 9.98. The fourth-order valence-electron chi connectivity index (χ4n) is 3.99. The number of ether oxygens (including phenoxy) is 1. The van der Waals surface area contributed by atoms with Gasteiger partial charge < -0.3 is 15.0 Å². The number of rotatable bonds is 5. The predicted molar refractivity (Wildman–Crippen MR) is 125 cm³/mol. The highest BCUT2D eigenvalue weighted by Gasteiger charge is 2.58. The molecule has 1 saturated heterocycles. The Morgan fingerprint density at radius 2 is 1.76 bits per heavy atom. The van der Waals surface area contributed by atoms with Gasteiger partial charge in [-0.2, -0.15) is 5.06 Å². The third-order valence-electron chi connectivity index (χ3n) is 5.44. The number of urea groups is 2. The van der Waals surface area contributed by atoms with Crippen molar-refractivity contribution in [2.24, 2.45) is 0 Å². The van der Waals surface area contributed by atoms with Crippen LogP contribution in [0.2, 0.25) is 10.0 Å². The first-order valence-electron chi connectivity index (χ1n) is 9.99. The fraction of sp³-hybridized carbons (Fsp3) is 0.318. The molecule has 0 saturated carbocycles. The van der Waals surface area contributed by atoms with Crippen LogP contribution in [0.4, 0.5) is 21.0 Å². The second-order valence-electron chi connectivity index (χ2n) is 8.01. The van der Waals surface area contributed by atoms with Crippen LogP contribution in [-0.2, 0) is 9.53 Å². The summed E-state index contributed by atoms with van der Waals surface area (Å²) in [5.74, 6) is -0.643. The molecule has 0 unspecified atom stereocenters. The Labute approximate surface area is 201 Å². The van der Waals surface area contributed by atoms with Crippen molar-refractivity contribution < 1.29 is 24.3 Å². The first-order valence-corrected chi connectivity index (χ1v) is 10.7. The molecule has 0 radical (unpaired) electrons. The average molecular weight is 495 g/mol. The SMILES string of the molecule is COC(=O)[C@@H](C)N1C(=O)N(c2cccc(Cl)c2)[C@H](N(O)C(=O)Nc2cccc(Cl)c2)C1(C)C. The van der Waals surface area contributed by atoms with Gasteiger partial charge in [-0.25, -0.2) is 14.4 Å². The van der Waals surface area contributed by atoms with Crippen LogP contribution in [0.5, 0.6) is 0 Å². The molecule has 176 valence electrons. The van der Waals surface area contributed by atoms with E-state index < -0.39 is 35.8 Å². The lowest BCUT2D eigenvalue weighted by Gasteiger charge is -2.39. The van der Waals surface area contributed by atoms with Crippen molar-refractivity contribution in [1.82, 2.24) is 9.96 Å². The van der Waals surface area contributed by atoms with Crippen LogP contribution in [0.1, 0.15) is 20.8 Å². The summed E-state index contributed by atoms with van der Waals surface area (Å²) < 4.78 is 4.82. The van der Waals surface area contributed by atoms with Crippen molar-refractivity contribution >= 4 is 52.6 Å². The van der Waals surface area contributed by atoms with Gasteiger partial charge in [0, 0.05) is 21.4 Å². The van der Waals surface area contributed by atoms with E-state index in [0.29, 0.717) is 26.5 Å². The van der Waals surface area contributed by atoms with Crippen molar-refractivity contribution in [3.63, 3.8) is 0 Å². The third kappa shape index (κ3) is 4.71. The van der Waals surface area contributed by atoms with Gasteiger partial charge in [0.1, 0.15) is 6.04 Å². The minimum Gasteiger partial charge on any atom is -0.467 e. The summed E-state index contributed by atoms with van der Waals surface area (Å²) in [6, 6.07) is 10.3. The molecule has 2 atom stereocenters. The van der Waals surface area contributed by atoms with E-state index in [4.69, 9.17) is 27.9 Å². The highest BCUT2D eigenvalue weighted by Crippen LogP contribution is 2.40. The maximum atomic E-state index is 13.5. The van der Waals surface area contributed by atoms with Gasteiger partial charge in [-0.1, -0.05) is 35.3 Å². The second-order valence-corrected chi connectivity index (χ2v) is 8.89. The summed E-state index contributed by atoms with van der Waals surface area (Å²) in [5.41, 5.74) is -0.546. The lowest BCUT2D eigenvalue weighted by molar-refractivity contribution is -0.148. The zero-order valence-corrected chi connectivity index (χ0v) is 20.0. The molecular weight excluding hydrogens is 471 g/mol. The highest BCUT2D eigenvalue weighted by molar-refractivity contribution is 6.31. The number of nitrogens with zero attached hydrogens (tertiary/aromatic N) is 3. The molecule has 2 aromatic rings. The number of methoxy groups -OCH3 is 1. The molecule has 4 amide bonds. The van der Waals surface area contributed by atoms with Crippen LogP contribution in [0, 0.1) is 0 Å². The Morgan fingerprint density at radius 1 is 1.15 bits per heavy atom. The molecule has 0 aromatic heterocycles. The Kier molecular flexibility index (Phi) is 7.06. The predicted octanol–water partition coefficient (Wildman–Crippen LogP) is 4.82. The number of halogens is 2. The van der Waals surface area contributed by atoms with E-state index >= 15 is 0 Å². The number of carbonyl (C=O) groups is 3. The number of hydrogen-bond acceptors (Lipinski definition) is 5. The minimum absolute atomic E-state index is 0.333. The highest BCUT2D eigenvalue weighted by atomic mass is 35.5. The molecule has 1 fully saturated rings. The van der Waals surface area contributed by atoms with E-state index in [1.807, 2.05) is 0 Å². The number of hydrogen-bond donors (Lipinski definition) is 2. The molecule has 9 nitrogen and oxygen atoms in total. The quantitative estimate of drug-likeness (QED) is 0.352. The molecular formula is C22H24Cl2N4O5. The average Bonchev–Trinajstić information content (AvgIpc) is 2.96. The van der Waals surface area contributed by atoms with E-state index in [0.717, 1.165) is 0 Å². The standard InChI is InChI=1S/C22H24Cl2N4O5/c1-13(18(29)33-4)27-21(31)26(17-10-6-8-15(24)12-17)19(22(27,2)3)28(32)20(30)25-16-9-5-7-14(23)11-16/h5-13,19,32H,1-4H3,(H,25,30)/t13-,19-/m1/s1. The first-order chi connectivity index (χ1) is 15.5. The minimum atomic E-state index is -1.23. The van der Waals surface area contributed by atoms with Gasteiger partial charge in [-0.15, -0.1) is 0 Å². The normalized spacial score (nSPS) is 18.2. The summed E-state index contributed by atoms with van der Waals surface area (Å²) >= 11 is 12.1. The van der Waals surface area contributed by atoms with Crippen LogP contribution < -0.4 is 10.2 Å². The largest absolute Gasteiger partial charge is 0.467 e. The van der Waals surface area contributed by atoms with E-state index in [1.165, 1.54) is 36.0 Å². The zero-order chi connectivity index (χ0) is 24.5. The van der Waals surface area contributed by atoms with Crippen LogP contribution in [0.25, 0.3) is 0 Å². The van der Waals surface area contributed by atoms with Crippen LogP contribution in [0.15, 0.2) is 48.5 Å². The third-order valence-corrected chi connectivity index (χ3v) is 5.91. The molecule has 2 aromatic carbocycles. The lowest BCUT2D eigenvalue weighted by Crippen LogP contribution is -2.59. The summed E-state index contributed by atoms with van der Waals surface area (Å²) in [6.45, 7) is 4.78. The van der Waals surface area contributed by atoms with E-state index in [-0.39, 0.29) is 0 Å². The van der Waals surface area contributed by atoms with Crippen molar-refractivity contribution in [3.8, 4) is 0 Å². The Bertz CT molecular complexity index is 1080. The number of esters is 1. The van der Waals surface area contributed by atoms with Gasteiger partial charge in [-0.3, -0.25) is 10.1 Å². The molecule has 0 bridgehead atoms. The summed E-state index contributed by atoms with van der Waals surface area (Å²) in [6.07, 6.45) is -1.23. The van der Waals surface area contributed by atoms with Crippen LogP contribution >= 0.6 is 23.2 Å². The molecule has 0 spiro atoms. The fourth-order valence-corrected chi connectivity index (χ4v) is 4.37. The Morgan fingerprint density at radius 3 is 2.33 bits per heavy atom. The summed E-state index contributed by atoms with van der Waals surface area (Å²) in [4.78, 5) is 41.3. The van der Waals surface area contributed by atoms with E-state index in [9.17, 15) is 19.6 Å². The molecule has 1 aliphatic rings. The molecule has 1 heterocycles. The second kappa shape index (κ2) is 9.46. The van der Waals surface area contributed by atoms with Gasteiger partial charge in [0.2, 0.25) is 0 Å². The number of amides is 4. The number of hydroxylamine groups is 2. The van der Waals surface area contributed by atoms with E-state index in [2.05, 4.69) is 5.32 Å². The monoisotopic (exact) mass is 494 g/mol. The van der Waals surface area contributed by atoms with Gasteiger partial charge >= 0.3 is 18.0 Å². The summed E-state index contributed by atoms with van der Waals surface area (Å²) in [7, 11) is 1.22. The molecule has 0 aliphatic carbocycles. The molecule has 2 N–H and O–H groups in total. The van der Waals surface area contributed by atoms with Gasteiger partial charge in [0.25, 0.3) is 0 Å². The maximum absolute atomic E-state index is 13.5. The van der Waals surface area contributed by atoms with Crippen LogP contribution in [-0.4, -0.2) is 58.1 Å². The van der Waals surface area contributed by atoms with Crippen molar-refractivity contribution in [2.75, 3.05) is 17.3 Å². The first kappa shape index (κ1) is 24.6. The topological polar surface area (TPSA) is 102 Å². The Balaban J connectivity index is 2.04. The molecule has 3 rings (SSSR count). The molecule has 33 heavy (non-hydrogen) atoms. The molecule has 11 heteroatoms. The van der Waals surface area contributed by atoms with Crippen LogP contribution in [0.3, 0.4) is 0 Å². The smallest absolute Gasteiger partial charge is 0.347 e.